The zero-order chi connectivity index (χ0) is 17.7. The standard InChI is InChI=1S/C20H21N3O3/c24-17(16-7-8-18(25)21-16)10-13-4-3-12-9-14(5-6-15(12)13)19-22-20(26-23-19)11-1-2-11/h5-6,9,11,13,16H,1-4,7-8,10H2,(H,21,25)/t13-,16+/m0/s1. The first-order chi connectivity index (χ1) is 12.7. The molecule has 6 heteroatoms. The van der Waals surface area contributed by atoms with E-state index < -0.39 is 0 Å². The van der Waals surface area contributed by atoms with Crippen LogP contribution in [0.1, 0.15) is 67.4 Å². The zero-order valence-electron chi connectivity index (χ0n) is 14.5. The Morgan fingerprint density at radius 2 is 2.08 bits per heavy atom. The molecule has 1 saturated heterocycles. The van der Waals surface area contributed by atoms with Gasteiger partial charge >= 0.3 is 0 Å². The van der Waals surface area contributed by atoms with Gasteiger partial charge in [-0.1, -0.05) is 17.3 Å². The average molecular weight is 351 g/mol. The maximum Gasteiger partial charge on any atom is 0.230 e. The van der Waals surface area contributed by atoms with E-state index >= 15 is 0 Å². The molecule has 1 aromatic carbocycles. The lowest BCUT2D eigenvalue weighted by Crippen LogP contribution is -2.33. The van der Waals surface area contributed by atoms with Gasteiger partial charge in [0.05, 0.1) is 6.04 Å². The maximum atomic E-state index is 12.5. The summed E-state index contributed by atoms with van der Waals surface area (Å²) < 4.78 is 5.36. The predicted octanol–water partition coefficient (Wildman–Crippen LogP) is 2.88. The quantitative estimate of drug-likeness (QED) is 0.895. The van der Waals surface area contributed by atoms with Crippen molar-refractivity contribution in [1.29, 1.82) is 0 Å². The Balaban J connectivity index is 1.31. The van der Waals surface area contributed by atoms with Gasteiger partial charge in [-0.05, 0) is 55.2 Å². The van der Waals surface area contributed by atoms with E-state index in [1.54, 1.807) is 0 Å². The molecule has 1 amide bonds. The van der Waals surface area contributed by atoms with Crippen molar-refractivity contribution in [2.45, 2.75) is 62.8 Å². The molecule has 0 unspecified atom stereocenters. The van der Waals surface area contributed by atoms with Gasteiger partial charge in [-0.25, -0.2) is 0 Å². The fraction of sp³-hybridized carbons (Fsp3) is 0.500. The normalized spacial score (nSPS) is 24.5. The minimum Gasteiger partial charge on any atom is -0.346 e. The number of fused-ring (bicyclic) bond motifs is 1. The van der Waals surface area contributed by atoms with E-state index in [9.17, 15) is 9.59 Å². The Morgan fingerprint density at radius 3 is 2.85 bits per heavy atom. The van der Waals surface area contributed by atoms with Crippen molar-refractivity contribution < 1.29 is 14.1 Å². The molecular formula is C20H21N3O3. The SMILES string of the molecule is O=C1CC[C@H](C(=O)C[C@@H]2CCc3cc(-c4noc(C5CC5)n4)ccc32)N1. The molecule has 134 valence electrons. The van der Waals surface area contributed by atoms with Gasteiger partial charge in [0, 0.05) is 24.3 Å². The van der Waals surface area contributed by atoms with E-state index in [2.05, 4.69) is 27.6 Å². The van der Waals surface area contributed by atoms with Gasteiger partial charge < -0.3 is 9.84 Å². The van der Waals surface area contributed by atoms with Gasteiger partial charge in [0.15, 0.2) is 5.78 Å². The lowest BCUT2D eigenvalue weighted by atomic mass is 9.92. The molecule has 2 heterocycles. The van der Waals surface area contributed by atoms with Crippen molar-refractivity contribution in [3.05, 3.63) is 35.2 Å². The van der Waals surface area contributed by atoms with Crippen molar-refractivity contribution in [1.82, 2.24) is 15.5 Å². The number of ketones is 1. The Kier molecular flexibility index (Phi) is 3.65. The maximum absolute atomic E-state index is 12.5. The van der Waals surface area contributed by atoms with E-state index in [1.165, 1.54) is 11.1 Å². The first kappa shape index (κ1) is 15.7. The fourth-order valence-electron chi connectivity index (χ4n) is 4.15. The number of carbonyl (C=O) groups is 2. The van der Waals surface area contributed by atoms with Crippen LogP contribution >= 0.6 is 0 Å². The van der Waals surface area contributed by atoms with Crippen molar-refractivity contribution in [2.75, 3.05) is 0 Å². The molecule has 1 aromatic heterocycles. The number of rotatable bonds is 5. The van der Waals surface area contributed by atoms with Crippen LogP contribution in [-0.2, 0) is 16.0 Å². The molecule has 1 saturated carbocycles. The van der Waals surface area contributed by atoms with E-state index in [0.29, 0.717) is 31.0 Å². The predicted molar refractivity (Wildman–Crippen MR) is 93.6 cm³/mol. The van der Waals surface area contributed by atoms with Gasteiger partial charge in [0.1, 0.15) is 0 Å². The van der Waals surface area contributed by atoms with Crippen LogP contribution in [0.25, 0.3) is 11.4 Å². The summed E-state index contributed by atoms with van der Waals surface area (Å²) in [4.78, 5) is 28.3. The number of amides is 1. The number of benzene rings is 1. The highest BCUT2D eigenvalue weighted by atomic mass is 16.5. The summed E-state index contributed by atoms with van der Waals surface area (Å²) in [5.74, 6) is 2.26. The van der Waals surface area contributed by atoms with E-state index in [0.717, 1.165) is 37.1 Å². The van der Waals surface area contributed by atoms with Gasteiger partial charge in [0.2, 0.25) is 17.6 Å². The number of nitrogens with zero attached hydrogens (tertiary/aromatic N) is 2. The monoisotopic (exact) mass is 351 g/mol. The molecule has 2 aromatic rings. The number of hydrogen-bond donors (Lipinski definition) is 1. The van der Waals surface area contributed by atoms with Gasteiger partial charge in [-0.3, -0.25) is 9.59 Å². The molecule has 3 aliphatic rings. The Bertz CT molecular complexity index is 884. The van der Waals surface area contributed by atoms with E-state index in [4.69, 9.17) is 4.52 Å². The second-order valence-corrected chi connectivity index (χ2v) is 7.71. The first-order valence-electron chi connectivity index (χ1n) is 9.46. The summed E-state index contributed by atoms with van der Waals surface area (Å²) in [5, 5.41) is 6.90. The minimum atomic E-state index is -0.286. The number of nitrogens with one attached hydrogen (secondary N) is 1. The number of carbonyl (C=O) groups excluding carboxylic acids is 2. The minimum absolute atomic E-state index is 0.00880. The lowest BCUT2D eigenvalue weighted by molar-refractivity contribution is -0.124. The molecule has 6 nitrogen and oxygen atoms in total. The summed E-state index contributed by atoms with van der Waals surface area (Å²) in [7, 11) is 0. The van der Waals surface area contributed by atoms with Crippen molar-refractivity contribution >= 4 is 11.7 Å². The third-order valence-electron chi connectivity index (χ3n) is 5.80. The Labute approximate surface area is 151 Å². The number of aromatic nitrogens is 2. The van der Waals surface area contributed by atoms with Crippen LogP contribution in [0.15, 0.2) is 22.7 Å². The molecule has 5 rings (SSSR count). The molecule has 2 atom stereocenters. The summed E-state index contributed by atoms with van der Waals surface area (Å²) in [5.41, 5.74) is 3.50. The van der Waals surface area contributed by atoms with Crippen molar-refractivity contribution in [2.24, 2.45) is 0 Å². The Morgan fingerprint density at radius 1 is 1.19 bits per heavy atom. The van der Waals surface area contributed by atoms with Crippen LogP contribution in [0.3, 0.4) is 0 Å². The molecule has 0 bridgehead atoms. The number of hydrogen-bond acceptors (Lipinski definition) is 5. The second-order valence-electron chi connectivity index (χ2n) is 7.71. The molecule has 2 aliphatic carbocycles. The molecule has 2 fully saturated rings. The number of aryl methyl sites for hydroxylation is 1. The highest BCUT2D eigenvalue weighted by Crippen LogP contribution is 2.41. The van der Waals surface area contributed by atoms with Crippen LogP contribution < -0.4 is 5.32 Å². The van der Waals surface area contributed by atoms with Crippen molar-refractivity contribution in [3.63, 3.8) is 0 Å². The zero-order valence-corrected chi connectivity index (χ0v) is 14.5. The highest BCUT2D eigenvalue weighted by molar-refractivity contribution is 5.92. The Hall–Kier alpha value is -2.50. The number of Topliss-reactive ketones (excluding diaryl/α,β-unsaturated/α-hetero) is 1. The van der Waals surface area contributed by atoms with Gasteiger partial charge in [-0.2, -0.15) is 4.98 Å². The smallest absolute Gasteiger partial charge is 0.230 e. The topological polar surface area (TPSA) is 85.1 Å². The molecular weight excluding hydrogens is 330 g/mol. The highest BCUT2D eigenvalue weighted by Gasteiger charge is 2.32. The van der Waals surface area contributed by atoms with Crippen LogP contribution in [0.5, 0.6) is 0 Å². The summed E-state index contributed by atoms with van der Waals surface area (Å²) in [6.45, 7) is 0. The lowest BCUT2D eigenvalue weighted by Gasteiger charge is -2.14. The largest absolute Gasteiger partial charge is 0.346 e. The van der Waals surface area contributed by atoms with E-state index in [-0.39, 0.29) is 23.7 Å². The molecule has 1 N–H and O–H groups in total. The summed E-state index contributed by atoms with van der Waals surface area (Å²) in [6, 6.07) is 5.99. The fourth-order valence-corrected chi connectivity index (χ4v) is 4.15. The van der Waals surface area contributed by atoms with Crippen LogP contribution in [0.2, 0.25) is 0 Å². The van der Waals surface area contributed by atoms with Crippen molar-refractivity contribution in [3.8, 4) is 11.4 Å². The first-order valence-corrected chi connectivity index (χ1v) is 9.46. The van der Waals surface area contributed by atoms with Gasteiger partial charge in [-0.15, -0.1) is 0 Å². The summed E-state index contributed by atoms with van der Waals surface area (Å²) >= 11 is 0. The average Bonchev–Trinajstić information content (AvgIpc) is 3.06. The summed E-state index contributed by atoms with van der Waals surface area (Å²) in [6.07, 6.45) is 5.83. The molecule has 0 spiro atoms. The second kappa shape index (κ2) is 6.04. The molecule has 1 aliphatic heterocycles. The third kappa shape index (κ3) is 2.83. The molecule has 0 radical (unpaired) electrons. The molecule has 26 heavy (non-hydrogen) atoms. The van der Waals surface area contributed by atoms with Crippen LogP contribution in [0.4, 0.5) is 0 Å². The third-order valence-corrected chi connectivity index (χ3v) is 5.80. The van der Waals surface area contributed by atoms with Gasteiger partial charge in [0.25, 0.3) is 0 Å². The van der Waals surface area contributed by atoms with Crippen LogP contribution in [-0.4, -0.2) is 27.9 Å². The van der Waals surface area contributed by atoms with E-state index in [1.807, 2.05) is 6.07 Å². The van der Waals surface area contributed by atoms with Crippen LogP contribution in [0, 0.1) is 0 Å².